The summed E-state index contributed by atoms with van der Waals surface area (Å²) in [7, 11) is 0. The molecule has 0 radical (unpaired) electrons. The summed E-state index contributed by atoms with van der Waals surface area (Å²) in [5.74, 6) is 0.380. The minimum atomic E-state index is -0.502. The van der Waals surface area contributed by atoms with Gasteiger partial charge in [0, 0.05) is 29.6 Å². The molecule has 0 amide bonds. The van der Waals surface area contributed by atoms with E-state index in [1.54, 1.807) is 0 Å². The predicted molar refractivity (Wildman–Crippen MR) is 71.3 cm³/mol. The van der Waals surface area contributed by atoms with Gasteiger partial charge in [-0.2, -0.15) is 0 Å². The van der Waals surface area contributed by atoms with Gasteiger partial charge in [0.25, 0.3) is 0 Å². The van der Waals surface area contributed by atoms with E-state index in [-0.39, 0.29) is 5.97 Å². The number of rotatable bonds is 5. The van der Waals surface area contributed by atoms with Gasteiger partial charge in [0.05, 0.1) is 6.61 Å². The Balaban J connectivity index is 1.74. The molecule has 102 valence electrons. The number of halogens is 1. The Bertz CT molecular complexity index is 488. The van der Waals surface area contributed by atoms with Gasteiger partial charge >= 0.3 is 5.97 Å². The normalized spacial score (nSPS) is 22.4. The summed E-state index contributed by atoms with van der Waals surface area (Å²) in [5.41, 5.74) is 0.913. The first-order valence-corrected chi connectivity index (χ1v) is 6.96. The van der Waals surface area contributed by atoms with Gasteiger partial charge in [-0.05, 0) is 25.0 Å². The number of carbonyl (C=O) groups is 1. The van der Waals surface area contributed by atoms with Crippen LogP contribution in [0.15, 0.2) is 18.2 Å². The molecular weight excluding hydrogens is 266 g/mol. The Morgan fingerprint density at radius 3 is 2.89 bits per heavy atom. The zero-order chi connectivity index (χ0) is 13.2. The monoisotopic (exact) mass is 281 g/mol. The second-order valence-corrected chi connectivity index (χ2v) is 5.34. The van der Waals surface area contributed by atoms with E-state index in [0.717, 1.165) is 5.56 Å². The second kappa shape index (κ2) is 5.39. The first-order valence-electron chi connectivity index (χ1n) is 6.58. The van der Waals surface area contributed by atoms with Crippen LogP contribution in [0.5, 0.6) is 5.75 Å². The van der Waals surface area contributed by atoms with Crippen molar-refractivity contribution in [1.82, 2.24) is 5.32 Å². The molecule has 1 aliphatic heterocycles. The molecule has 1 unspecified atom stereocenters. The fourth-order valence-corrected chi connectivity index (χ4v) is 2.33. The molecule has 1 aromatic carbocycles. The van der Waals surface area contributed by atoms with Gasteiger partial charge in [-0.1, -0.05) is 17.7 Å². The van der Waals surface area contributed by atoms with Gasteiger partial charge in [-0.25, -0.2) is 4.79 Å². The highest BCUT2D eigenvalue weighted by atomic mass is 35.5. The molecule has 5 heteroatoms. The van der Waals surface area contributed by atoms with E-state index in [1.165, 1.54) is 12.8 Å². The van der Waals surface area contributed by atoms with Gasteiger partial charge in [-0.3, -0.25) is 0 Å². The van der Waals surface area contributed by atoms with Crippen LogP contribution in [0.1, 0.15) is 24.8 Å². The van der Waals surface area contributed by atoms with Gasteiger partial charge < -0.3 is 14.8 Å². The van der Waals surface area contributed by atoms with Crippen molar-refractivity contribution in [2.45, 2.75) is 38.0 Å². The molecule has 3 rings (SSSR count). The smallest absolute Gasteiger partial charge is 0.347 e. The minimum Gasteiger partial charge on any atom is -0.478 e. The zero-order valence-electron chi connectivity index (χ0n) is 10.5. The van der Waals surface area contributed by atoms with Crippen molar-refractivity contribution in [1.29, 1.82) is 0 Å². The van der Waals surface area contributed by atoms with Gasteiger partial charge in [-0.15, -0.1) is 0 Å². The lowest BCUT2D eigenvalue weighted by Gasteiger charge is -2.15. The van der Waals surface area contributed by atoms with Crippen LogP contribution in [-0.2, 0) is 16.1 Å². The van der Waals surface area contributed by atoms with Gasteiger partial charge in [0.1, 0.15) is 5.75 Å². The van der Waals surface area contributed by atoms with E-state index in [0.29, 0.717) is 36.4 Å². The molecule has 4 nitrogen and oxygen atoms in total. The number of nitrogens with one attached hydrogen (secondary N) is 1. The van der Waals surface area contributed by atoms with Crippen LogP contribution < -0.4 is 10.1 Å². The molecule has 19 heavy (non-hydrogen) atoms. The minimum absolute atomic E-state index is 0.291. The molecule has 0 bridgehead atoms. The van der Waals surface area contributed by atoms with E-state index in [9.17, 15) is 4.79 Å². The highest BCUT2D eigenvalue weighted by Gasteiger charge is 2.29. The summed E-state index contributed by atoms with van der Waals surface area (Å²) in [6.07, 6.45) is 2.53. The van der Waals surface area contributed by atoms with Crippen LogP contribution in [0.25, 0.3) is 0 Å². The molecule has 2 aliphatic rings. The molecule has 1 aliphatic carbocycles. The third-order valence-corrected chi connectivity index (χ3v) is 3.73. The predicted octanol–water partition coefficient (Wildman–Crippen LogP) is 2.29. The lowest BCUT2D eigenvalue weighted by atomic mass is 10.2. The molecule has 2 fully saturated rings. The first kappa shape index (κ1) is 12.8. The van der Waals surface area contributed by atoms with Crippen LogP contribution in [0.3, 0.4) is 0 Å². The van der Waals surface area contributed by atoms with Crippen LogP contribution in [-0.4, -0.2) is 24.7 Å². The maximum atomic E-state index is 11.5. The number of cyclic esters (lactones) is 1. The number of ether oxygens (including phenoxy) is 2. The fraction of sp³-hybridized carbons (Fsp3) is 0.500. The Morgan fingerprint density at radius 2 is 2.21 bits per heavy atom. The van der Waals surface area contributed by atoms with Crippen molar-refractivity contribution >= 4 is 17.6 Å². The Hall–Kier alpha value is -1.26. The highest BCUT2D eigenvalue weighted by Crippen LogP contribution is 2.30. The van der Waals surface area contributed by atoms with Gasteiger partial charge in [0.15, 0.2) is 6.10 Å². The lowest BCUT2D eigenvalue weighted by Crippen LogP contribution is -2.23. The van der Waals surface area contributed by atoms with E-state index < -0.39 is 6.10 Å². The van der Waals surface area contributed by atoms with Gasteiger partial charge in [0.2, 0.25) is 0 Å². The van der Waals surface area contributed by atoms with E-state index >= 15 is 0 Å². The maximum absolute atomic E-state index is 11.5. The molecular formula is C14H16ClNO3. The molecule has 0 spiro atoms. The number of hydrogen-bond donors (Lipinski definition) is 1. The second-order valence-electron chi connectivity index (χ2n) is 4.93. The van der Waals surface area contributed by atoms with Crippen LogP contribution in [0, 0.1) is 0 Å². The SMILES string of the molecule is O=C1OCCC1Oc1cccc(Cl)c1CNC1CC1. The number of carbonyl (C=O) groups excluding carboxylic acids is 1. The average Bonchev–Trinajstić information content (AvgIpc) is 3.13. The molecule has 1 aromatic rings. The van der Waals surface area contributed by atoms with E-state index in [2.05, 4.69) is 5.32 Å². The first-order chi connectivity index (χ1) is 9.24. The Labute approximate surface area is 117 Å². The Morgan fingerprint density at radius 1 is 1.37 bits per heavy atom. The fourth-order valence-electron chi connectivity index (χ4n) is 2.09. The van der Waals surface area contributed by atoms with Crippen LogP contribution in [0.4, 0.5) is 0 Å². The molecule has 0 aromatic heterocycles. The van der Waals surface area contributed by atoms with Crippen molar-refractivity contribution in [3.8, 4) is 5.75 Å². The largest absolute Gasteiger partial charge is 0.478 e. The molecule has 1 N–H and O–H groups in total. The summed E-state index contributed by atoms with van der Waals surface area (Å²) in [5, 5.41) is 4.07. The molecule has 1 saturated heterocycles. The summed E-state index contributed by atoms with van der Waals surface area (Å²) in [4.78, 5) is 11.5. The summed E-state index contributed by atoms with van der Waals surface area (Å²) in [6, 6.07) is 6.12. The van der Waals surface area contributed by atoms with Crippen LogP contribution >= 0.6 is 11.6 Å². The molecule has 1 saturated carbocycles. The van der Waals surface area contributed by atoms with Crippen molar-refractivity contribution in [2.24, 2.45) is 0 Å². The zero-order valence-corrected chi connectivity index (χ0v) is 11.3. The molecule has 1 atom stereocenters. The summed E-state index contributed by atoms with van der Waals surface area (Å²) < 4.78 is 10.7. The van der Waals surface area contributed by atoms with Crippen molar-refractivity contribution in [2.75, 3.05) is 6.61 Å². The average molecular weight is 282 g/mol. The number of hydrogen-bond acceptors (Lipinski definition) is 4. The summed E-state index contributed by atoms with van der Waals surface area (Å²) in [6.45, 7) is 1.10. The quantitative estimate of drug-likeness (QED) is 0.841. The van der Waals surface area contributed by atoms with Crippen molar-refractivity contribution in [3.05, 3.63) is 28.8 Å². The third-order valence-electron chi connectivity index (χ3n) is 3.38. The number of esters is 1. The van der Waals surface area contributed by atoms with E-state index in [4.69, 9.17) is 21.1 Å². The highest BCUT2D eigenvalue weighted by molar-refractivity contribution is 6.31. The van der Waals surface area contributed by atoms with Crippen molar-refractivity contribution in [3.63, 3.8) is 0 Å². The summed E-state index contributed by atoms with van der Waals surface area (Å²) >= 11 is 6.22. The van der Waals surface area contributed by atoms with Crippen molar-refractivity contribution < 1.29 is 14.3 Å². The third kappa shape index (κ3) is 3.01. The topological polar surface area (TPSA) is 47.6 Å². The van der Waals surface area contributed by atoms with Crippen LogP contribution in [0.2, 0.25) is 5.02 Å². The molecule has 1 heterocycles. The van der Waals surface area contributed by atoms with E-state index in [1.807, 2.05) is 18.2 Å². The maximum Gasteiger partial charge on any atom is 0.347 e. The lowest BCUT2D eigenvalue weighted by molar-refractivity contribution is -0.143. The Kier molecular flexibility index (Phi) is 3.62. The standard InChI is InChI=1S/C14H16ClNO3/c15-11-2-1-3-12(10(11)8-16-9-4-5-9)19-13-6-7-18-14(13)17/h1-3,9,13,16H,4-8H2. The number of benzene rings is 1.